The second-order valence-corrected chi connectivity index (χ2v) is 5.43. The van der Waals surface area contributed by atoms with Crippen LogP contribution in [0.3, 0.4) is 0 Å². The van der Waals surface area contributed by atoms with Crippen LogP contribution >= 0.6 is 0 Å². The van der Waals surface area contributed by atoms with Crippen molar-refractivity contribution < 1.29 is 0 Å². The van der Waals surface area contributed by atoms with Crippen LogP contribution in [0.4, 0.5) is 0 Å². The third-order valence-electron chi connectivity index (χ3n) is 3.68. The lowest BCUT2D eigenvalue weighted by molar-refractivity contribution is 0.259. The minimum Gasteiger partial charge on any atom is -0.329 e. The molecule has 0 amide bonds. The molecule has 2 N–H and O–H groups in total. The van der Waals surface area contributed by atoms with Crippen LogP contribution in [0.2, 0.25) is 0 Å². The molecule has 0 spiro atoms. The van der Waals surface area contributed by atoms with Crippen LogP contribution in [0.5, 0.6) is 0 Å². The van der Waals surface area contributed by atoms with E-state index in [4.69, 9.17) is 5.73 Å². The zero-order valence-corrected chi connectivity index (χ0v) is 11.4. The molecular formula is C15H25N3. The van der Waals surface area contributed by atoms with Crippen LogP contribution in [0.1, 0.15) is 12.0 Å². The van der Waals surface area contributed by atoms with Crippen molar-refractivity contribution >= 4 is 0 Å². The van der Waals surface area contributed by atoms with E-state index in [1.807, 2.05) is 0 Å². The summed E-state index contributed by atoms with van der Waals surface area (Å²) in [5.41, 5.74) is 7.00. The van der Waals surface area contributed by atoms with E-state index in [0.29, 0.717) is 0 Å². The monoisotopic (exact) mass is 247 g/mol. The van der Waals surface area contributed by atoms with E-state index in [9.17, 15) is 0 Å². The van der Waals surface area contributed by atoms with Crippen LogP contribution < -0.4 is 5.73 Å². The van der Waals surface area contributed by atoms with E-state index in [1.54, 1.807) is 0 Å². The highest BCUT2D eigenvalue weighted by molar-refractivity contribution is 5.14. The molecule has 1 aromatic carbocycles. The van der Waals surface area contributed by atoms with Crippen molar-refractivity contribution in [2.75, 3.05) is 39.8 Å². The predicted molar refractivity (Wildman–Crippen MR) is 76.4 cm³/mol. The average molecular weight is 247 g/mol. The fourth-order valence-electron chi connectivity index (χ4n) is 2.85. The molecule has 0 unspecified atom stereocenters. The maximum Gasteiger partial charge on any atom is 0.0230 e. The Morgan fingerprint density at radius 3 is 2.83 bits per heavy atom. The summed E-state index contributed by atoms with van der Waals surface area (Å²) in [6.45, 7) is 6.52. The van der Waals surface area contributed by atoms with Gasteiger partial charge in [-0.3, -0.25) is 0 Å². The van der Waals surface area contributed by atoms with Gasteiger partial charge in [0.2, 0.25) is 0 Å². The molecule has 0 aliphatic carbocycles. The Hall–Kier alpha value is -0.900. The predicted octanol–water partition coefficient (Wildman–Crippen LogP) is 1.40. The van der Waals surface area contributed by atoms with Gasteiger partial charge in [-0.1, -0.05) is 30.3 Å². The van der Waals surface area contributed by atoms with Crippen LogP contribution in [0.15, 0.2) is 30.3 Å². The second kappa shape index (κ2) is 6.88. The fourth-order valence-corrected chi connectivity index (χ4v) is 2.85. The number of rotatable bonds is 6. The summed E-state index contributed by atoms with van der Waals surface area (Å²) >= 11 is 0. The summed E-state index contributed by atoms with van der Waals surface area (Å²) < 4.78 is 0. The molecule has 1 saturated heterocycles. The number of nitrogens with two attached hydrogens (primary N) is 1. The Bertz CT molecular complexity index is 339. The molecule has 100 valence electrons. The zero-order valence-electron chi connectivity index (χ0n) is 11.4. The molecular weight excluding hydrogens is 222 g/mol. The standard InChI is InChI=1S/C15H25N3/c1-17(11-14-5-3-2-4-6-14)12-15-7-9-18(13-15)10-8-16/h2-6,15H,7-13,16H2,1H3/t15-/m1/s1. The van der Waals surface area contributed by atoms with Gasteiger partial charge in [0.1, 0.15) is 0 Å². The Balaban J connectivity index is 1.73. The molecule has 18 heavy (non-hydrogen) atoms. The summed E-state index contributed by atoms with van der Waals surface area (Å²) in [5, 5.41) is 0. The van der Waals surface area contributed by atoms with Gasteiger partial charge in [-0.25, -0.2) is 0 Å². The van der Waals surface area contributed by atoms with Crippen LogP contribution in [-0.4, -0.2) is 49.6 Å². The van der Waals surface area contributed by atoms with Crippen LogP contribution in [-0.2, 0) is 6.54 Å². The quantitative estimate of drug-likeness (QED) is 0.825. The highest BCUT2D eigenvalue weighted by atomic mass is 15.2. The molecule has 3 nitrogen and oxygen atoms in total. The van der Waals surface area contributed by atoms with Gasteiger partial charge < -0.3 is 15.5 Å². The molecule has 2 rings (SSSR count). The molecule has 0 radical (unpaired) electrons. The number of benzene rings is 1. The number of hydrogen-bond acceptors (Lipinski definition) is 3. The Labute approximate surface area is 111 Å². The second-order valence-electron chi connectivity index (χ2n) is 5.43. The van der Waals surface area contributed by atoms with Gasteiger partial charge in [0, 0.05) is 32.7 Å². The first kappa shape index (κ1) is 13.5. The van der Waals surface area contributed by atoms with E-state index in [-0.39, 0.29) is 0 Å². The summed E-state index contributed by atoms with van der Waals surface area (Å²) in [5.74, 6) is 0.810. The first-order valence-electron chi connectivity index (χ1n) is 6.93. The normalized spacial score (nSPS) is 20.7. The van der Waals surface area contributed by atoms with Gasteiger partial charge in [-0.15, -0.1) is 0 Å². The summed E-state index contributed by atoms with van der Waals surface area (Å²) in [4.78, 5) is 4.92. The van der Waals surface area contributed by atoms with Crippen molar-refractivity contribution in [3.8, 4) is 0 Å². The maximum atomic E-state index is 5.61. The van der Waals surface area contributed by atoms with E-state index in [1.165, 1.54) is 31.6 Å². The van der Waals surface area contributed by atoms with Gasteiger partial charge in [0.15, 0.2) is 0 Å². The Morgan fingerprint density at radius 1 is 1.33 bits per heavy atom. The SMILES string of the molecule is CN(Cc1ccccc1)C[C@H]1CCN(CCN)C1. The topological polar surface area (TPSA) is 32.5 Å². The molecule has 1 heterocycles. The highest BCUT2D eigenvalue weighted by Gasteiger charge is 2.22. The number of hydrogen-bond donors (Lipinski definition) is 1. The van der Waals surface area contributed by atoms with E-state index >= 15 is 0 Å². The van der Waals surface area contributed by atoms with Crippen molar-refractivity contribution in [1.82, 2.24) is 9.80 Å². The molecule has 0 aromatic heterocycles. The fraction of sp³-hybridized carbons (Fsp3) is 0.600. The number of likely N-dealkylation sites (tertiary alicyclic amines) is 1. The molecule has 3 heteroatoms. The van der Waals surface area contributed by atoms with E-state index in [2.05, 4.69) is 47.2 Å². The van der Waals surface area contributed by atoms with Gasteiger partial charge in [-0.2, -0.15) is 0 Å². The number of nitrogens with zero attached hydrogens (tertiary/aromatic N) is 2. The van der Waals surface area contributed by atoms with E-state index in [0.717, 1.165) is 25.6 Å². The lowest BCUT2D eigenvalue weighted by atomic mass is 10.1. The van der Waals surface area contributed by atoms with Crippen molar-refractivity contribution in [3.63, 3.8) is 0 Å². The van der Waals surface area contributed by atoms with Crippen LogP contribution in [0.25, 0.3) is 0 Å². The van der Waals surface area contributed by atoms with Gasteiger partial charge >= 0.3 is 0 Å². The molecule has 1 aliphatic rings. The average Bonchev–Trinajstić information content (AvgIpc) is 2.78. The van der Waals surface area contributed by atoms with Gasteiger partial charge in [0.25, 0.3) is 0 Å². The van der Waals surface area contributed by atoms with Crippen molar-refractivity contribution in [2.24, 2.45) is 11.7 Å². The minimum absolute atomic E-state index is 0.784. The highest BCUT2D eigenvalue weighted by Crippen LogP contribution is 2.17. The molecule has 1 aromatic rings. The Morgan fingerprint density at radius 2 is 2.11 bits per heavy atom. The van der Waals surface area contributed by atoms with Crippen LogP contribution in [0, 0.1) is 5.92 Å². The van der Waals surface area contributed by atoms with E-state index < -0.39 is 0 Å². The third-order valence-corrected chi connectivity index (χ3v) is 3.68. The van der Waals surface area contributed by atoms with Crippen molar-refractivity contribution in [3.05, 3.63) is 35.9 Å². The lowest BCUT2D eigenvalue weighted by Gasteiger charge is -2.21. The largest absolute Gasteiger partial charge is 0.329 e. The Kier molecular flexibility index (Phi) is 5.17. The van der Waals surface area contributed by atoms with Crippen molar-refractivity contribution in [1.29, 1.82) is 0 Å². The summed E-state index contributed by atoms with van der Waals surface area (Å²) in [6.07, 6.45) is 1.32. The first-order chi connectivity index (χ1) is 8.78. The third kappa shape index (κ3) is 4.09. The lowest BCUT2D eigenvalue weighted by Crippen LogP contribution is -2.30. The van der Waals surface area contributed by atoms with Crippen molar-refractivity contribution in [2.45, 2.75) is 13.0 Å². The zero-order chi connectivity index (χ0) is 12.8. The van der Waals surface area contributed by atoms with Gasteiger partial charge in [0.05, 0.1) is 0 Å². The maximum absolute atomic E-state index is 5.61. The molecule has 1 aliphatic heterocycles. The molecule has 1 atom stereocenters. The molecule has 0 saturated carbocycles. The summed E-state index contributed by atoms with van der Waals surface area (Å²) in [7, 11) is 2.22. The molecule has 0 bridgehead atoms. The first-order valence-corrected chi connectivity index (χ1v) is 6.93. The summed E-state index contributed by atoms with van der Waals surface area (Å²) in [6, 6.07) is 10.7. The molecule has 1 fully saturated rings. The smallest absolute Gasteiger partial charge is 0.0230 e. The van der Waals surface area contributed by atoms with Gasteiger partial charge in [-0.05, 0) is 31.5 Å². The minimum atomic E-state index is 0.784.